The van der Waals surface area contributed by atoms with E-state index < -0.39 is 0 Å². The lowest BCUT2D eigenvalue weighted by Crippen LogP contribution is -2.02. The number of aromatic nitrogens is 3. The van der Waals surface area contributed by atoms with Crippen LogP contribution in [0.5, 0.6) is 0 Å². The first-order valence-electron chi connectivity index (χ1n) is 13.4. The van der Waals surface area contributed by atoms with Crippen molar-refractivity contribution in [2.75, 3.05) is 0 Å². The van der Waals surface area contributed by atoms with Gasteiger partial charge < -0.3 is 0 Å². The lowest BCUT2D eigenvalue weighted by Gasteiger charge is -2.12. The van der Waals surface area contributed by atoms with E-state index in [1.54, 1.807) is 11.3 Å². The van der Waals surface area contributed by atoms with Gasteiger partial charge in [-0.2, -0.15) is 0 Å². The van der Waals surface area contributed by atoms with E-state index in [1.807, 2.05) is 0 Å². The lowest BCUT2D eigenvalue weighted by atomic mass is 9.99. The molecule has 0 spiro atoms. The van der Waals surface area contributed by atoms with Crippen molar-refractivity contribution in [1.82, 2.24) is 14.5 Å². The van der Waals surface area contributed by atoms with Crippen molar-refractivity contribution in [3.8, 4) is 17.2 Å². The molecule has 0 aliphatic rings. The molecule has 0 atom stereocenters. The fourth-order valence-electron chi connectivity index (χ4n) is 6.21. The van der Waals surface area contributed by atoms with Crippen LogP contribution in [0.2, 0.25) is 0 Å². The summed E-state index contributed by atoms with van der Waals surface area (Å²) in [6.07, 6.45) is 0. The van der Waals surface area contributed by atoms with Gasteiger partial charge in [-0.05, 0) is 45.8 Å². The summed E-state index contributed by atoms with van der Waals surface area (Å²) in [5.74, 6) is 0.698. The molecule has 9 rings (SSSR count). The minimum atomic E-state index is 0.698. The number of benzene rings is 6. The second-order valence-corrected chi connectivity index (χ2v) is 11.3. The van der Waals surface area contributed by atoms with Gasteiger partial charge in [-0.1, -0.05) is 103 Å². The molecule has 0 aliphatic carbocycles. The molecular weight excluding hydrogens is 506 g/mol. The number of thiophene rings is 1. The molecule has 3 nitrogen and oxygen atoms in total. The van der Waals surface area contributed by atoms with Crippen LogP contribution < -0.4 is 0 Å². The highest BCUT2D eigenvalue weighted by Crippen LogP contribution is 2.42. The Balaban J connectivity index is 1.46. The molecule has 0 fully saturated rings. The van der Waals surface area contributed by atoms with Gasteiger partial charge >= 0.3 is 0 Å². The van der Waals surface area contributed by atoms with Crippen molar-refractivity contribution in [3.05, 3.63) is 127 Å². The molecule has 9 aromatic rings. The third-order valence-electron chi connectivity index (χ3n) is 8.01. The number of fused-ring (bicyclic) bond motifs is 8. The van der Waals surface area contributed by atoms with Gasteiger partial charge in [0.05, 0.1) is 16.7 Å². The minimum Gasteiger partial charge on any atom is -0.278 e. The molecule has 40 heavy (non-hydrogen) atoms. The first-order valence-corrected chi connectivity index (χ1v) is 14.2. The van der Waals surface area contributed by atoms with Crippen molar-refractivity contribution in [1.29, 1.82) is 0 Å². The number of nitrogens with zero attached hydrogens (tertiary/aromatic N) is 3. The van der Waals surface area contributed by atoms with E-state index >= 15 is 0 Å². The first kappa shape index (κ1) is 21.8. The van der Waals surface area contributed by atoms with Gasteiger partial charge in [0, 0.05) is 31.8 Å². The highest BCUT2D eigenvalue weighted by Gasteiger charge is 2.21. The fraction of sp³-hybridized carbons (Fsp3) is 0. The maximum atomic E-state index is 5.42. The van der Waals surface area contributed by atoms with E-state index in [9.17, 15) is 0 Å². The van der Waals surface area contributed by atoms with Crippen LogP contribution in [0.1, 0.15) is 0 Å². The molecule has 0 amide bonds. The van der Waals surface area contributed by atoms with Crippen LogP contribution in [0.25, 0.3) is 80.9 Å². The van der Waals surface area contributed by atoms with Crippen LogP contribution >= 0.6 is 11.3 Å². The van der Waals surface area contributed by atoms with E-state index in [0.717, 1.165) is 32.5 Å². The van der Waals surface area contributed by atoms with Crippen molar-refractivity contribution in [2.24, 2.45) is 0 Å². The predicted molar refractivity (Wildman–Crippen MR) is 170 cm³/mol. The smallest absolute Gasteiger partial charge is 0.236 e. The summed E-state index contributed by atoms with van der Waals surface area (Å²) >= 11 is 1.74. The van der Waals surface area contributed by atoms with Gasteiger partial charge in [0.15, 0.2) is 0 Å². The van der Waals surface area contributed by atoms with E-state index in [4.69, 9.17) is 9.97 Å². The Bertz CT molecular complexity index is 2440. The Hall–Kier alpha value is -5.06. The molecule has 4 heteroatoms. The quantitative estimate of drug-likeness (QED) is 0.224. The van der Waals surface area contributed by atoms with Crippen molar-refractivity contribution < 1.29 is 0 Å². The standard InChI is InChI=1S/C36H21N3S/c1-2-12-24-21-31-29(20-23(24)11-1)26-15-5-7-18-30(26)39(31)36-37-34(27-17-9-13-22-10-3-4-14-25(22)27)33-28-16-6-8-19-32(28)40-35(33)38-36/h1-21H. The van der Waals surface area contributed by atoms with E-state index in [0.29, 0.717) is 5.95 Å². The Morgan fingerprint density at radius 2 is 1.18 bits per heavy atom. The maximum absolute atomic E-state index is 5.42. The summed E-state index contributed by atoms with van der Waals surface area (Å²) in [7, 11) is 0. The van der Waals surface area contributed by atoms with Crippen molar-refractivity contribution in [2.45, 2.75) is 0 Å². The molecule has 0 aliphatic heterocycles. The Morgan fingerprint density at radius 1 is 0.500 bits per heavy atom. The van der Waals surface area contributed by atoms with Crippen molar-refractivity contribution in [3.63, 3.8) is 0 Å². The zero-order valence-corrected chi connectivity index (χ0v) is 22.2. The zero-order valence-electron chi connectivity index (χ0n) is 21.4. The second kappa shape index (κ2) is 8.22. The Labute approximate surface area is 233 Å². The van der Waals surface area contributed by atoms with Crippen LogP contribution in [0.15, 0.2) is 127 Å². The van der Waals surface area contributed by atoms with Crippen LogP contribution in [0.3, 0.4) is 0 Å². The third-order valence-corrected chi connectivity index (χ3v) is 9.08. The molecule has 0 radical (unpaired) electrons. The molecular formula is C36H21N3S. The van der Waals surface area contributed by atoms with Gasteiger partial charge in [-0.15, -0.1) is 11.3 Å². The first-order chi connectivity index (χ1) is 19.8. The molecule has 3 heterocycles. The van der Waals surface area contributed by atoms with Gasteiger partial charge in [-0.25, -0.2) is 9.97 Å². The monoisotopic (exact) mass is 527 g/mol. The minimum absolute atomic E-state index is 0.698. The summed E-state index contributed by atoms with van der Waals surface area (Å²) in [6.45, 7) is 0. The molecule has 6 aromatic carbocycles. The topological polar surface area (TPSA) is 30.7 Å². The number of hydrogen-bond acceptors (Lipinski definition) is 3. The van der Waals surface area contributed by atoms with Gasteiger partial charge in [-0.3, -0.25) is 4.57 Å². The fourth-order valence-corrected chi connectivity index (χ4v) is 7.28. The highest BCUT2D eigenvalue weighted by molar-refractivity contribution is 7.25. The summed E-state index contributed by atoms with van der Waals surface area (Å²) < 4.78 is 3.47. The lowest BCUT2D eigenvalue weighted by molar-refractivity contribution is 1.02. The SMILES string of the molecule is c1ccc2cc3c(cc2c1)c1ccccc1n3-c1nc(-c2cccc3ccccc23)c2c(n1)sc1ccccc12. The molecule has 3 aromatic heterocycles. The molecule has 0 saturated carbocycles. The molecule has 0 unspecified atom stereocenters. The van der Waals surface area contributed by atoms with Crippen molar-refractivity contribution >= 4 is 75.0 Å². The normalized spacial score (nSPS) is 12.0. The van der Waals surface area contributed by atoms with E-state index in [2.05, 4.69) is 132 Å². The Kier molecular flexibility index (Phi) is 4.48. The summed E-state index contributed by atoms with van der Waals surface area (Å²) in [5.41, 5.74) is 4.32. The summed E-state index contributed by atoms with van der Waals surface area (Å²) in [4.78, 5) is 11.7. The van der Waals surface area contributed by atoms with Crippen LogP contribution in [-0.2, 0) is 0 Å². The zero-order chi connectivity index (χ0) is 26.2. The average molecular weight is 528 g/mol. The molecule has 0 saturated heterocycles. The van der Waals surface area contributed by atoms with Crippen LogP contribution in [0.4, 0.5) is 0 Å². The molecule has 0 N–H and O–H groups in total. The van der Waals surface area contributed by atoms with Gasteiger partial charge in [0.1, 0.15) is 4.83 Å². The number of rotatable bonds is 2. The summed E-state index contributed by atoms with van der Waals surface area (Å²) in [5, 5.41) is 9.57. The van der Waals surface area contributed by atoms with Gasteiger partial charge in [0.25, 0.3) is 0 Å². The van der Waals surface area contributed by atoms with Crippen LogP contribution in [0, 0.1) is 0 Å². The largest absolute Gasteiger partial charge is 0.278 e. The van der Waals surface area contributed by atoms with E-state index in [1.165, 1.54) is 42.4 Å². The number of hydrogen-bond donors (Lipinski definition) is 0. The third kappa shape index (κ3) is 3.05. The second-order valence-electron chi connectivity index (χ2n) is 10.2. The number of para-hydroxylation sites is 1. The highest BCUT2D eigenvalue weighted by atomic mass is 32.1. The van der Waals surface area contributed by atoms with E-state index in [-0.39, 0.29) is 0 Å². The average Bonchev–Trinajstić information content (AvgIpc) is 3.54. The summed E-state index contributed by atoms with van der Waals surface area (Å²) in [6, 6.07) is 45.3. The van der Waals surface area contributed by atoms with Crippen LogP contribution in [-0.4, -0.2) is 14.5 Å². The molecule has 186 valence electrons. The molecule has 0 bridgehead atoms. The Morgan fingerprint density at radius 3 is 2.05 bits per heavy atom. The predicted octanol–water partition coefficient (Wildman–Crippen LogP) is 9.91. The maximum Gasteiger partial charge on any atom is 0.236 e. The van der Waals surface area contributed by atoms with Gasteiger partial charge in [0.2, 0.25) is 5.95 Å².